The normalized spacial score (nSPS) is 20.6. The highest BCUT2D eigenvalue weighted by atomic mass is 32.2. The van der Waals surface area contributed by atoms with Gasteiger partial charge in [0.2, 0.25) is 5.91 Å². The minimum atomic E-state index is -0.0548. The molecule has 1 fully saturated rings. The number of hydrogen-bond acceptors (Lipinski definition) is 4. The van der Waals surface area contributed by atoms with E-state index >= 15 is 0 Å². The molecule has 1 aliphatic rings. The molecular formula is C10H10N2O2S. The van der Waals surface area contributed by atoms with Crippen LogP contribution in [0.3, 0.4) is 0 Å². The molecular weight excluding hydrogens is 212 g/mol. The van der Waals surface area contributed by atoms with Gasteiger partial charge >= 0.3 is 0 Å². The maximum Gasteiger partial charge on any atom is 0.233 e. The van der Waals surface area contributed by atoms with Gasteiger partial charge in [0.25, 0.3) is 0 Å². The average Bonchev–Trinajstić information content (AvgIpc) is 2.84. The van der Waals surface area contributed by atoms with E-state index in [1.165, 1.54) is 11.8 Å². The smallest absolute Gasteiger partial charge is 0.233 e. The molecule has 0 aromatic carbocycles. The van der Waals surface area contributed by atoms with E-state index in [4.69, 9.17) is 9.68 Å². The molecule has 4 nitrogen and oxygen atoms in total. The van der Waals surface area contributed by atoms with E-state index in [-0.39, 0.29) is 11.3 Å². The van der Waals surface area contributed by atoms with Crippen LogP contribution in [0.25, 0.3) is 0 Å². The molecule has 1 saturated heterocycles. The van der Waals surface area contributed by atoms with Gasteiger partial charge in [0.15, 0.2) is 0 Å². The fourth-order valence-corrected chi connectivity index (χ4v) is 2.70. The third-order valence-corrected chi connectivity index (χ3v) is 3.44. The summed E-state index contributed by atoms with van der Waals surface area (Å²) >= 11 is 1.54. The molecule has 1 unspecified atom stereocenters. The fourth-order valence-electron chi connectivity index (χ4n) is 1.53. The van der Waals surface area contributed by atoms with E-state index in [0.29, 0.717) is 18.7 Å². The molecule has 1 aromatic heterocycles. The molecule has 5 heteroatoms. The molecule has 78 valence electrons. The molecule has 1 atom stereocenters. The summed E-state index contributed by atoms with van der Waals surface area (Å²) in [5, 5.41) is 8.46. The fraction of sp³-hybridized carbons (Fsp3) is 0.400. The lowest BCUT2D eigenvalue weighted by Gasteiger charge is -2.20. The SMILES string of the molecule is N#CCCN1C(=O)CSC1c1ccco1. The van der Waals surface area contributed by atoms with Crippen molar-refractivity contribution in [3.8, 4) is 6.07 Å². The van der Waals surface area contributed by atoms with E-state index in [9.17, 15) is 4.79 Å². The van der Waals surface area contributed by atoms with Gasteiger partial charge in [0.1, 0.15) is 11.1 Å². The number of furan rings is 1. The van der Waals surface area contributed by atoms with Crippen LogP contribution in [0.15, 0.2) is 22.8 Å². The van der Waals surface area contributed by atoms with Gasteiger partial charge in [-0.3, -0.25) is 4.79 Å². The van der Waals surface area contributed by atoms with Gasteiger partial charge in [0, 0.05) is 6.54 Å². The summed E-state index contributed by atoms with van der Waals surface area (Å²) in [5.41, 5.74) is 0. The first-order chi connectivity index (χ1) is 7.33. The van der Waals surface area contributed by atoms with Gasteiger partial charge in [-0.1, -0.05) is 0 Å². The lowest BCUT2D eigenvalue weighted by Crippen LogP contribution is -2.28. The van der Waals surface area contributed by atoms with Crippen molar-refractivity contribution in [1.29, 1.82) is 5.26 Å². The zero-order valence-corrected chi connectivity index (χ0v) is 8.87. The molecule has 2 heterocycles. The number of carbonyl (C=O) groups is 1. The third kappa shape index (κ3) is 2.00. The monoisotopic (exact) mass is 222 g/mol. The van der Waals surface area contributed by atoms with Crippen molar-refractivity contribution in [2.45, 2.75) is 11.8 Å². The minimum absolute atomic E-state index is 0.0548. The van der Waals surface area contributed by atoms with Crippen LogP contribution in [0.5, 0.6) is 0 Å². The Balaban J connectivity index is 2.11. The highest BCUT2D eigenvalue weighted by molar-refractivity contribution is 8.00. The quantitative estimate of drug-likeness (QED) is 0.782. The molecule has 0 radical (unpaired) electrons. The number of rotatable bonds is 3. The first kappa shape index (κ1) is 10.1. The van der Waals surface area contributed by atoms with E-state index in [1.54, 1.807) is 17.2 Å². The molecule has 2 rings (SSSR count). The summed E-state index contributed by atoms with van der Waals surface area (Å²) in [5.74, 6) is 1.33. The van der Waals surface area contributed by atoms with Crippen molar-refractivity contribution in [2.75, 3.05) is 12.3 Å². The lowest BCUT2D eigenvalue weighted by molar-refractivity contribution is -0.128. The number of amides is 1. The summed E-state index contributed by atoms with van der Waals surface area (Å²) in [6, 6.07) is 5.71. The number of thioether (sulfide) groups is 1. The van der Waals surface area contributed by atoms with Crippen molar-refractivity contribution >= 4 is 17.7 Å². The molecule has 0 aliphatic carbocycles. The second-order valence-electron chi connectivity index (χ2n) is 3.17. The van der Waals surface area contributed by atoms with Gasteiger partial charge in [-0.25, -0.2) is 0 Å². The summed E-state index contributed by atoms with van der Waals surface area (Å²) in [6.07, 6.45) is 1.96. The van der Waals surface area contributed by atoms with Crippen molar-refractivity contribution < 1.29 is 9.21 Å². The summed E-state index contributed by atoms with van der Waals surface area (Å²) in [6.45, 7) is 0.480. The largest absolute Gasteiger partial charge is 0.466 e. The Morgan fingerprint density at radius 2 is 2.60 bits per heavy atom. The van der Waals surface area contributed by atoms with Crippen LogP contribution >= 0.6 is 11.8 Å². The van der Waals surface area contributed by atoms with Crippen LogP contribution in [0.2, 0.25) is 0 Å². The van der Waals surface area contributed by atoms with Crippen LogP contribution in [0.4, 0.5) is 0 Å². The highest BCUT2D eigenvalue weighted by Crippen LogP contribution is 2.38. The number of hydrogen-bond donors (Lipinski definition) is 0. The predicted octanol–water partition coefficient (Wildman–Crippen LogP) is 1.77. The Morgan fingerprint density at radius 1 is 1.73 bits per heavy atom. The Morgan fingerprint density at radius 3 is 3.27 bits per heavy atom. The molecule has 0 bridgehead atoms. The van der Waals surface area contributed by atoms with E-state index in [1.807, 2.05) is 12.1 Å². The Bertz CT molecular complexity index is 383. The van der Waals surface area contributed by atoms with E-state index in [0.717, 1.165) is 5.76 Å². The average molecular weight is 222 g/mol. The zero-order chi connectivity index (χ0) is 10.7. The van der Waals surface area contributed by atoms with Crippen LogP contribution in [0.1, 0.15) is 17.6 Å². The van der Waals surface area contributed by atoms with E-state index < -0.39 is 0 Å². The second-order valence-corrected chi connectivity index (χ2v) is 4.24. The second kappa shape index (κ2) is 4.41. The lowest BCUT2D eigenvalue weighted by atomic mass is 10.3. The highest BCUT2D eigenvalue weighted by Gasteiger charge is 2.33. The topological polar surface area (TPSA) is 57.2 Å². The number of nitrogens with zero attached hydrogens (tertiary/aromatic N) is 2. The Labute approximate surface area is 91.8 Å². The van der Waals surface area contributed by atoms with Gasteiger partial charge < -0.3 is 9.32 Å². The van der Waals surface area contributed by atoms with Gasteiger partial charge in [-0.05, 0) is 12.1 Å². The van der Waals surface area contributed by atoms with Gasteiger partial charge in [-0.2, -0.15) is 5.26 Å². The number of nitriles is 1. The minimum Gasteiger partial charge on any atom is -0.466 e. The van der Waals surface area contributed by atoms with Crippen LogP contribution in [0, 0.1) is 11.3 Å². The van der Waals surface area contributed by atoms with Gasteiger partial charge in [0.05, 0.1) is 24.5 Å². The Kier molecular flexibility index (Phi) is 2.97. The van der Waals surface area contributed by atoms with Crippen LogP contribution in [-0.2, 0) is 4.79 Å². The van der Waals surface area contributed by atoms with Gasteiger partial charge in [-0.15, -0.1) is 11.8 Å². The first-order valence-corrected chi connectivity index (χ1v) is 5.69. The van der Waals surface area contributed by atoms with E-state index in [2.05, 4.69) is 0 Å². The molecule has 1 amide bonds. The summed E-state index contributed by atoms with van der Waals surface area (Å²) in [7, 11) is 0. The van der Waals surface area contributed by atoms with Crippen molar-refractivity contribution in [2.24, 2.45) is 0 Å². The number of carbonyl (C=O) groups excluding carboxylic acids is 1. The maximum atomic E-state index is 11.5. The Hall–Kier alpha value is -1.41. The van der Waals surface area contributed by atoms with Crippen LogP contribution < -0.4 is 0 Å². The molecule has 0 N–H and O–H groups in total. The molecule has 0 spiro atoms. The van der Waals surface area contributed by atoms with Crippen molar-refractivity contribution in [1.82, 2.24) is 4.90 Å². The molecule has 0 saturated carbocycles. The molecule has 1 aliphatic heterocycles. The maximum absolute atomic E-state index is 11.5. The summed E-state index contributed by atoms with van der Waals surface area (Å²) < 4.78 is 5.28. The molecule has 15 heavy (non-hydrogen) atoms. The van der Waals surface area contributed by atoms with Crippen LogP contribution in [-0.4, -0.2) is 23.1 Å². The zero-order valence-electron chi connectivity index (χ0n) is 8.05. The summed E-state index contributed by atoms with van der Waals surface area (Å²) in [4.78, 5) is 13.2. The third-order valence-electron chi connectivity index (χ3n) is 2.22. The predicted molar refractivity (Wildman–Crippen MR) is 55.9 cm³/mol. The van der Waals surface area contributed by atoms with Crippen molar-refractivity contribution in [3.05, 3.63) is 24.2 Å². The molecule has 1 aromatic rings. The standard InChI is InChI=1S/C10H10N2O2S/c11-4-2-5-12-9(13)7-15-10(12)8-3-1-6-14-8/h1,3,6,10H,2,5,7H2. The van der Waals surface area contributed by atoms with Crippen molar-refractivity contribution in [3.63, 3.8) is 0 Å². The first-order valence-electron chi connectivity index (χ1n) is 4.64.